The highest BCUT2D eigenvalue weighted by atomic mass is 32.1. The van der Waals surface area contributed by atoms with Crippen LogP contribution in [0, 0.1) is 0 Å². The third kappa shape index (κ3) is 4.82. The van der Waals surface area contributed by atoms with Crippen molar-refractivity contribution in [1.29, 1.82) is 0 Å². The lowest BCUT2D eigenvalue weighted by Crippen LogP contribution is -2.38. The molecule has 0 aliphatic carbocycles. The van der Waals surface area contributed by atoms with Crippen LogP contribution in [0.15, 0.2) is 27.2 Å². The first-order chi connectivity index (χ1) is 10.2. The molecule has 6 heteroatoms. The molecule has 0 radical (unpaired) electrons. The number of aryl methyl sites for hydroxylation is 1. The lowest BCUT2D eigenvalue weighted by Gasteiger charge is -2.21. The minimum absolute atomic E-state index is 0.632. The first-order valence-electron chi connectivity index (χ1n) is 7.16. The summed E-state index contributed by atoms with van der Waals surface area (Å²) in [4.78, 5) is 11.4. The summed E-state index contributed by atoms with van der Waals surface area (Å²) in [6.45, 7) is 6.58. The number of aliphatic imine (C=N–C) groups is 1. The van der Waals surface area contributed by atoms with Crippen molar-refractivity contribution in [2.45, 2.75) is 33.4 Å². The van der Waals surface area contributed by atoms with Gasteiger partial charge in [0.05, 0.1) is 17.2 Å². The highest BCUT2D eigenvalue weighted by Crippen LogP contribution is 2.12. The topological polar surface area (TPSA) is 40.5 Å². The Bertz CT molecular complexity index is 560. The zero-order valence-corrected chi connectivity index (χ0v) is 14.4. The maximum Gasteiger partial charge on any atom is 0.194 e. The van der Waals surface area contributed by atoms with E-state index < -0.39 is 0 Å². The van der Waals surface area contributed by atoms with Gasteiger partial charge in [-0.1, -0.05) is 6.92 Å². The lowest BCUT2D eigenvalue weighted by molar-refractivity contribution is 0.477. The number of rotatable bonds is 6. The Labute approximate surface area is 134 Å². The largest absolute Gasteiger partial charge is 0.357 e. The Morgan fingerprint density at radius 1 is 1.38 bits per heavy atom. The Hall–Kier alpha value is -1.40. The van der Waals surface area contributed by atoms with Crippen LogP contribution in [0.3, 0.4) is 0 Å². The molecule has 0 saturated heterocycles. The maximum atomic E-state index is 4.69. The molecule has 0 unspecified atom stereocenters. The zero-order chi connectivity index (χ0) is 15.1. The summed E-state index contributed by atoms with van der Waals surface area (Å²) in [5, 5.41) is 10.9. The number of guanidine groups is 1. The fraction of sp³-hybridized carbons (Fsp3) is 0.467. The van der Waals surface area contributed by atoms with Crippen molar-refractivity contribution in [2.75, 3.05) is 13.6 Å². The molecule has 21 heavy (non-hydrogen) atoms. The van der Waals surface area contributed by atoms with Crippen molar-refractivity contribution in [3.63, 3.8) is 0 Å². The summed E-state index contributed by atoms with van der Waals surface area (Å²) in [6, 6.07) is 2.15. The number of nitrogens with one attached hydrogen (secondary N) is 1. The Kier molecular flexibility index (Phi) is 6.20. The quantitative estimate of drug-likeness (QED) is 0.655. The smallest absolute Gasteiger partial charge is 0.194 e. The maximum absolute atomic E-state index is 4.69. The number of thiazole rings is 1. The molecule has 0 aliphatic rings. The van der Waals surface area contributed by atoms with Crippen LogP contribution in [0.25, 0.3) is 0 Å². The van der Waals surface area contributed by atoms with Crippen molar-refractivity contribution in [1.82, 2.24) is 15.2 Å². The second kappa shape index (κ2) is 8.14. The highest BCUT2D eigenvalue weighted by molar-refractivity contribution is 7.09. The number of hydrogen-bond donors (Lipinski definition) is 1. The molecule has 2 rings (SSSR count). The predicted octanol–water partition coefficient (Wildman–Crippen LogP) is 3.36. The van der Waals surface area contributed by atoms with E-state index in [0.717, 1.165) is 31.2 Å². The van der Waals surface area contributed by atoms with Gasteiger partial charge >= 0.3 is 0 Å². The van der Waals surface area contributed by atoms with E-state index in [4.69, 9.17) is 4.99 Å². The van der Waals surface area contributed by atoms with E-state index in [1.165, 1.54) is 10.6 Å². The van der Waals surface area contributed by atoms with Crippen LogP contribution in [-0.2, 0) is 19.5 Å². The Morgan fingerprint density at radius 3 is 2.86 bits per heavy atom. The number of aromatic nitrogens is 1. The minimum atomic E-state index is 0.632. The van der Waals surface area contributed by atoms with Gasteiger partial charge in [-0.25, -0.2) is 9.98 Å². The van der Waals surface area contributed by atoms with E-state index in [-0.39, 0.29) is 0 Å². The summed E-state index contributed by atoms with van der Waals surface area (Å²) in [6.07, 6.45) is 0.993. The third-order valence-corrected chi connectivity index (χ3v) is 4.76. The van der Waals surface area contributed by atoms with Gasteiger partial charge in [0.25, 0.3) is 0 Å². The van der Waals surface area contributed by atoms with Gasteiger partial charge in [-0.2, -0.15) is 11.3 Å². The van der Waals surface area contributed by atoms with E-state index in [0.29, 0.717) is 6.54 Å². The molecule has 0 aliphatic heterocycles. The minimum Gasteiger partial charge on any atom is -0.357 e. The molecule has 1 N–H and O–H groups in total. The number of thiophene rings is 1. The van der Waals surface area contributed by atoms with Crippen LogP contribution < -0.4 is 5.32 Å². The van der Waals surface area contributed by atoms with Gasteiger partial charge in [0.2, 0.25) is 0 Å². The number of hydrogen-bond acceptors (Lipinski definition) is 4. The van der Waals surface area contributed by atoms with Gasteiger partial charge < -0.3 is 10.2 Å². The van der Waals surface area contributed by atoms with Crippen LogP contribution >= 0.6 is 22.7 Å². The average molecular weight is 323 g/mol. The third-order valence-electron chi connectivity index (χ3n) is 2.99. The molecular formula is C15H22N4S2. The van der Waals surface area contributed by atoms with E-state index >= 15 is 0 Å². The second-order valence-electron chi connectivity index (χ2n) is 4.74. The van der Waals surface area contributed by atoms with Gasteiger partial charge in [-0.15, -0.1) is 11.3 Å². The lowest BCUT2D eigenvalue weighted by atomic mass is 10.3. The van der Waals surface area contributed by atoms with Crippen LogP contribution in [0.2, 0.25) is 0 Å². The summed E-state index contributed by atoms with van der Waals surface area (Å²) in [5.74, 6) is 0.926. The van der Waals surface area contributed by atoms with Crippen molar-refractivity contribution in [3.8, 4) is 0 Å². The summed E-state index contributed by atoms with van der Waals surface area (Å²) >= 11 is 3.44. The van der Waals surface area contributed by atoms with Gasteiger partial charge in [-0.3, -0.25) is 0 Å². The van der Waals surface area contributed by atoms with Crippen molar-refractivity contribution >= 4 is 28.6 Å². The van der Waals surface area contributed by atoms with Gasteiger partial charge in [0.1, 0.15) is 0 Å². The van der Waals surface area contributed by atoms with Crippen molar-refractivity contribution < 1.29 is 0 Å². The molecule has 0 bridgehead atoms. The van der Waals surface area contributed by atoms with Crippen LogP contribution in [0.1, 0.15) is 30.1 Å². The molecule has 0 saturated carbocycles. The molecule has 4 nitrogen and oxygen atoms in total. The normalized spacial score (nSPS) is 11.7. The second-order valence-corrected chi connectivity index (χ2v) is 6.47. The van der Waals surface area contributed by atoms with Gasteiger partial charge in [0, 0.05) is 25.5 Å². The van der Waals surface area contributed by atoms with Gasteiger partial charge in [-0.05, 0) is 35.7 Å². The summed E-state index contributed by atoms with van der Waals surface area (Å²) < 4.78 is 0. The number of nitrogens with zero attached hydrogens (tertiary/aromatic N) is 3. The molecule has 0 aromatic carbocycles. The Balaban J connectivity index is 2.00. The summed E-state index contributed by atoms with van der Waals surface area (Å²) in [7, 11) is 2.07. The van der Waals surface area contributed by atoms with Crippen LogP contribution in [-0.4, -0.2) is 29.4 Å². The van der Waals surface area contributed by atoms with Crippen LogP contribution in [0.4, 0.5) is 0 Å². The Morgan fingerprint density at radius 2 is 2.24 bits per heavy atom. The molecule has 0 amide bonds. The molecule has 0 fully saturated rings. The molecule has 2 aromatic heterocycles. The first-order valence-corrected chi connectivity index (χ1v) is 8.99. The fourth-order valence-electron chi connectivity index (χ4n) is 1.94. The van der Waals surface area contributed by atoms with E-state index in [1.54, 1.807) is 22.7 Å². The molecule has 114 valence electrons. The molecule has 2 heterocycles. The molecule has 0 spiro atoms. The average Bonchev–Trinajstić information content (AvgIpc) is 3.14. The van der Waals surface area contributed by atoms with Gasteiger partial charge in [0.15, 0.2) is 5.96 Å². The highest BCUT2D eigenvalue weighted by Gasteiger charge is 2.07. The fourth-order valence-corrected chi connectivity index (χ4v) is 3.34. The van der Waals surface area contributed by atoms with Crippen LogP contribution in [0.5, 0.6) is 0 Å². The van der Waals surface area contributed by atoms with E-state index in [1.807, 2.05) is 0 Å². The monoisotopic (exact) mass is 322 g/mol. The zero-order valence-electron chi connectivity index (χ0n) is 12.8. The molecule has 0 atom stereocenters. The molecular weight excluding hydrogens is 300 g/mol. The van der Waals surface area contributed by atoms with Crippen molar-refractivity contribution in [3.05, 3.63) is 38.5 Å². The standard InChI is InChI=1S/C15H22N4S2/c1-4-14-18-13(11-21-14)8-17-15(16-5-2)19(3)9-12-6-7-20-10-12/h6-7,10-11H,4-5,8-9H2,1-3H3,(H,16,17). The first kappa shape index (κ1) is 16.0. The SMILES string of the molecule is CCNC(=NCc1csc(CC)n1)N(C)Cc1ccsc1. The summed E-state index contributed by atoms with van der Waals surface area (Å²) in [5.41, 5.74) is 2.37. The van der Waals surface area contributed by atoms with Crippen molar-refractivity contribution in [2.24, 2.45) is 4.99 Å². The van der Waals surface area contributed by atoms with E-state index in [2.05, 4.69) is 58.3 Å². The molecule has 2 aromatic rings. The predicted molar refractivity (Wildman–Crippen MR) is 92.1 cm³/mol. The van der Waals surface area contributed by atoms with E-state index in [9.17, 15) is 0 Å².